The zero-order chi connectivity index (χ0) is 23.1. The van der Waals surface area contributed by atoms with Gasteiger partial charge in [-0.15, -0.1) is 0 Å². The maximum atomic E-state index is 12.1. The van der Waals surface area contributed by atoms with Gasteiger partial charge < -0.3 is 4.90 Å². The number of rotatable bonds is 2. The molecule has 6 nitrogen and oxygen atoms in total. The molecule has 0 bridgehead atoms. The molecule has 4 heterocycles. The molecule has 0 unspecified atom stereocenters. The first-order valence-electron chi connectivity index (χ1n) is 11.3. The molecule has 3 aromatic heterocycles. The van der Waals surface area contributed by atoms with Crippen LogP contribution in [0.15, 0.2) is 73.2 Å². The number of anilines is 1. The lowest BCUT2D eigenvalue weighted by Gasteiger charge is -2.16. The van der Waals surface area contributed by atoms with Gasteiger partial charge in [0, 0.05) is 53.2 Å². The molecule has 1 fully saturated rings. The number of amides is 1. The minimum Gasteiger partial charge on any atom is -0.312 e. The van der Waals surface area contributed by atoms with Crippen LogP contribution in [0.3, 0.4) is 0 Å². The molecule has 0 atom stereocenters. The van der Waals surface area contributed by atoms with Gasteiger partial charge in [-0.05, 0) is 67.9 Å². The highest BCUT2D eigenvalue weighted by Crippen LogP contribution is 2.30. The molecule has 34 heavy (non-hydrogen) atoms. The average molecular weight is 444 g/mol. The van der Waals surface area contributed by atoms with E-state index in [-0.39, 0.29) is 5.91 Å². The monoisotopic (exact) mass is 443 g/mol. The summed E-state index contributed by atoms with van der Waals surface area (Å²) < 4.78 is 2.15. The van der Waals surface area contributed by atoms with Crippen molar-refractivity contribution in [2.75, 3.05) is 11.4 Å². The number of aryl methyl sites for hydroxylation is 1. The van der Waals surface area contributed by atoms with Crippen molar-refractivity contribution in [3.05, 3.63) is 90.1 Å². The normalized spacial score (nSPS) is 13.4. The van der Waals surface area contributed by atoms with Crippen molar-refractivity contribution < 1.29 is 4.79 Å². The minimum absolute atomic E-state index is 0.189. The first kappa shape index (κ1) is 20.1. The number of fused-ring (bicyclic) bond motifs is 3. The van der Waals surface area contributed by atoms with E-state index in [0.29, 0.717) is 6.42 Å². The number of nitrogens with zero attached hydrogens (tertiary/aromatic N) is 5. The van der Waals surface area contributed by atoms with E-state index in [1.165, 1.54) is 0 Å². The van der Waals surface area contributed by atoms with E-state index in [0.717, 1.165) is 63.2 Å². The lowest BCUT2D eigenvalue weighted by atomic mass is 10.1. The Labute approximate surface area is 196 Å². The molecule has 0 radical (unpaired) electrons. The summed E-state index contributed by atoms with van der Waals surface area (Å²) in [6.07, 6.45) is 6.85. The fourth-order valence-corrected chi connectivity index (χ4v) is 4.55. The van der Waals surface area contributed by atoms with Crippen LogP contribution in [0.5, 0.6) is 0 Å². The summed E-state index contributed by atoms with van der Waals surface area (Å²) >= 11 is 0. The summed E-state index contributed by atoms with van der Waals surface area (Å²) in [5, 5.41) is 0.995. The first-order chi connectivity index (χ1) is 16.7. The zero-order valence-electron chi connectivity index (χ0n) is 18.7. The Balaban J connectivity index is 1.47. The van der Waals surface area contributed by atoms with Crippen molar-refractivity contribution in [3.63, 3.8) is 0 Å². The Bertz CT molecular complexity index is 1610. The highest BCUT2D eigenvalue weighted by Gasteiger charge is 2.22. The van der Waals surface area contributed by atoms with Crippen molar-refractivity contribution in [1.82, 2.24) is 19.5 Å². The molecule has 1 saturated heterocycles. The molecule has 1 aliphatic rings. The van der Waals surface area contributed by atoms with Gasteiger partial charge in [0.05, 0.1) is 17.2 Å². The van der Waals surface area contributed by atoms with E-state index in [4.69, 9.17) is 4.98 Å². The van der Waals surface area contributed by atoms with Crippen LogP contribution in [0.1, 0.15) is 29.8 Å². The summed E-state index contributed by atoms with van der Waals surface area (Å²) in [6.45, 7) is 2.78. The Kier molecular flexibility index (Phi) is 4.81. The highest BCUT2D eigenvalue weighted by molar-refractivity contribution is 6.03. The molecular formula is C28H21N5O. The maximum Gasteiger partial charge on any atom is 0.227 e. The number of carbonyl (C=O) groups is 1. The molecular weight excluding hydrogens is 422 g/mol. The predicted octanol–water partition coefficient (Wildman–Crippen LogP) is 4.80. The summed E-state index contributed by atoms with van der Waals surface area (Å²) in [4.78, 5) is 27.5. The second-order valence-corrected chi connectivity index (χ2v) is 8.38. The zero-order valence-corrected chi connectivity index (χ0v) is 18.7. The quantitative estimate of drug-likeness (QED) is 0.368. The van der Waals surface area contributed by atoms with Gasteiger partial charge in [-0.25, -0.2) is 4.98 Å². The van der Waals surface area contributed by atoms with Gasteiger partial charge in [0.2, 0.25) is 5.91 Å². The molecule has 5 aromatic rings. The number of hydrogen-bond acceptors (Lipinski definition) is 4. The molecule has 0 aliphatic carbocycles. The standard InChI is InChI=1S/C28H21N5O/c1-19-31-26-18-30-25-13-8-20(6-7-21-4-2-14-29-17-21)16-24(25)28(26)33(19)23-11-9-22(10-12-23)32-15-3-5-27(32)34/h2,4,8-14,16-18H,3,5,15H2,1H3. The Morgan fingerprint density at radius 3 is 2.50 bits per heavy atom. The third kappa shape index (κ3) is 3.48. The molecule has 164 valence electrons. The van der Waals surface area contributed by atoms with Crippen molar-refractivity contribution in [2.24, 2.45) is 0 Å². The number of carbonyl (C=O) groups excluding carboxylic acids is 1. The number of hydrogen-bond donors (Lipinski definition) is 0. The van der Waals surface area contributed by atoms with Crippen molar-refractivity contribution in [3.8, 4) is 17.5 Å². The summed E-state index contributed by atoms with van der Waals surface area (Å²) in [5.74, 6) is 7.48. The van der Waals surface area contributed by atoms with Crippen LogP contribution in [0, 0.1) is 18.8 Å². The van der Waals surface area contributed by atoms with E-state index < -0.39 is 0 Å². The molecule has 6 heteroatoms. The smallest absolute Gasteiger partial charge is 0.227 e. The predicted molar refractivity (Wildman–Crippen MR) is 133 cm³/mol. The number of pyridine rings is 2. The first-order valence-corrected chi connectivity index (χ1v) is 11.3. The molecule has 6 rings (SSSR count). The largest absolute Gasteiger partial charge is 0.312 e. The Morgan fingerprint density at radius 1 is 0.912 bits per heavy atom. The van der Waals surface area contributed by atoms with Crippen molar-refractivity contribution in [1.29, 1.82) is 0 Å². The van der Waals surface area contributed by atoms with E-state index in [1.54, 1.807) is 12.4 Å². The molecule has 0 spiro atoms. The Hall–Kier alpha value is -4.50. The lowest BCUT2D eigenvalue weighted by molar-refractivity contribution is -0.117. The van der Waals surface area contributed by atoms with E-state index in [1.807, 2.05) is 66.6 Å². The number of imidazole rings is 1. The number of benzene rings is 2. The maximum absolute atomic E-state index is 12.1. The van der Waals surface area contributed by atoms with Crippen molar-refractivity contribution in [2.45, 2.75) is 19.8 Å². The molecule has 0 saturated carbocycles. The second-order valence-electron chi connectivity index (χ2n) is 8.38. The molecule has 2 aromatic carbocycles. The van der Waals surface area contributed by atoms with Crippen molar-refractivity contribution >= 4 is 33.5 Å². The van der Waals surface area contributed by atoms with E-state index >= 15 is 0 Å². The number of aromatic nitrogens is 4. The average Bonchev–Trinajstić information content (AvgIpc) is 3.45. The summed E-state index contributed by atoms with van der Waals surface area (Å²) in [6, 6.07) is 18.0. The van der Waals surface area contributed by atoms with Gasteiger partial charge in [-0.3, -0.25) is 19.3 Å². The third-order valence-electron chi connectivity index (χ3n) is 6.16. The van der Waals surface area contributed by atoms with Crippen LogP contribution in [0.4, 0.5) is 5.69 Å². The van der Waals surface area contributed by atoms with Gasteiger partial charge in [-0.1, -0.05) is 11.8 Å². The van der Waals surface area contributed by atoms with Gasteiger partial charge in [0.25, 0.3) is 0 Å². The van der Waals surface area contributed by atoms with Gasteiger partial charge in [0.15, 0.2) is 0 Å². The molecule has 1 aliphatic heterocycles. The highest BCUT2D eigenvalue weighted by atomic mass is 16.2. The van der Waals surface area contributed by atoms with Gasteiger partial charge >= 0.3 is 0 Å². The second kappa shape index (κ2) is 8.13. The van der Waals surface area contributed by atoms with Crippen LogP contribution >= 0.6 is 0 Å². The lowest BCUT2D eigenvalue weighted by Crippen LogP contribution is -2.23. The summed E-state index contributed by atoms with van der Waals surface area (Å²) in [5.41, 5.74) is 6.43. The van der Waals surface area contributed by atoms with Crippen LogP contribution in [0.25, 0.3) is 27.6 Å². The molecule has 1 amide bonds. The Morgan fingerprint density at radius 2 is 1.74 bits per heavy atom. The van der Waals surface area contributed by atoms with Crippen LogP contribution in [-0.2, 0) is 4.79 Å². The van der Waals surface area contributed by atoms with Gasteiger partial charge in [-0.2, -0.15) is 0 Å². The fraction of sp³-hybridized carbons (Fsp3) is 0.143. The van der Waals surface area contributed by atoms with E-state index in [2.05, 4.69) is 32.4 Å². The third-order valence-corrected chi connectivity index (χ3v) is 6.16. The summed E-state index contributed by atoms with van der Waals surface area (Å²) in [7, 11) is 0. The fourth-order valence-electron chi connectivity index (χ4n) is 4.55. The molecule has 0 N–H and O–H groups in total. The SMILES string of the molecule is Cc1nc2cnc3ccc(C#Cc4cccnc4)cc3c2n1-c1ccc(N2CCCC2=O)cc1. The van der Waals surface area contributed by atoms with Crippen LogP contribution in [-0.4, -0.2) is 32.0 Å². The minimum atomic E-state index is 0.189. The van der Waals surface area contributed by atoms with Crippen LogP contribution in [0.2, 0.25) is 0 Å². The van der Waals surface area contributed by atoms with E-state index in [9.17, 15) is 4.79 Å². The van der Waals surface area contributed by atoms with Gasteiger partial charge in [0.1, 0.15) is 11.3 Å². The topological polar surface area (TPSA) is 63.9 Å². The van der Waals surface area contributed by atoms with Crippen LogP contribution < -0.4 is 4.90 Å².